The standard InChI is InChI=1S/C24H20ClN5/c25-17-5-3-4-16(14-17)23-19-6-1-2-7-20(19)24-27-21-9-8-18(15-22(21)30(24)28-23)29-12-10-26-11-13-29/h1-9,14-15,26H,10-13H2. The summed E-state index contributed by atoms with van der Waals surface area (Å²) in [5.74, 6) is 0. The minimum absolute atomic E-state index is 0.704. The fourth-order valence-corrected chi connectivity index (χ4v) is 4.52. The molecule has 1 N–H and O–H groups in total. The molecule has 0 radical (unpaired) electrons. The van der Waals surface area contributed by atoms with Crippen LogP contribution in [0.2, 0.25) is 5.02 Å². The molecule has 148 valence electrons. The van der Waals surface area contributed by atoms with Crippen LogP contribution in [0.15, 0.2) is 66.7 Å². The molecule has 0 spiro atoms. The van der Waals surface area contributed by atoms with Crippen molar-refractivity contribution in [2.24, 2.45) is 0 Å². The Balaban J connectivity index is 1.64. The van der Waals surface area contributed by atoms with Crippen LogP contribution in [0.25, 0.3) is 38.7 Å². The molecule has 3 heterocycles. The molecular formula is C24H20ClN5. The highest BCUT2D eigenvalue weighted by atomic mass is 35.5. The number of halogens is 1. The van der Waals surface area contributed by atoms with Crippen LogP contribution in [0.1, 0.15) is 0 Å². The van der Waals surface area contributed by atoms with Gasteiger partial charge in [-0.05, 0) is 30.3 Å². The fraction of sp³-hybridized carbons (Fsp3) is 0.167. The van der Waals surface area contributed by atoms with Gasteiger partial charge in [0, 0.05) is 53.2 Å². The van der Waals surface area contributed by atoms with E-state index in [0.717, 1.165) is 64.9 Å². The Morgan fingerprint density at radius 3 is 2.53 bits per heavy atom. The van der Waals surface area contributed by atoms with Gasteiger partial charge in [-0.3, -0.25) is 0 Å². The van der Waals surface area contributed by atoms with Gasteiger partial charge in [0.05, 0.1) is 16.7 Å². The second-order valence-electron chi connectivity index (χ2n) is 7.66. The molecule has 0 atom stereocenters. The third-order valence-corrected chi connectivity index (χ3v) is 6.05. The zero-order valence-corrected chi connectivity index (χ0v) is 17.1. The molecule has 0 aliphatic carbocycles. The molecule has 5 aromatic rings. The van der Waals surface area contributed by atoms with E-state index >= 15 is 0 Å². The van der Waals surface area contributed by atoms with Crippen LogP contribution in [0.4, 0.5) is 5.69 Å². The minimum Gasteiger partial charge on any atom is -0.369 e. The molecular weight excluding hydrogens is 394 g/mol. The normalized spacial score (nSPS) is 14.8. The molecule has 30 heavy (non-hydrogen) atoms. The van der Waals surface area contributed by atoms with Crippen LogP contribution in [0.3, 0.4) is 0 Å². The van der Waals surface area contributed by atoms with Crippen molar-refractivity contribution < 1.29 is 0 Å². The van der Waals surface area contributed by atoms with Gasteiger partial charge in [0.15, 0.2) is 5.65 Å². The van der Waals surface area contributed by atoms with Crippen molar-refractivity contribution in [1.29, 1.82) is 0 Å². The molecule has 3 aromatic carbocycles. The molecule has 6 rings (SSSR count). The summed E-state index contributed by atoms with van der Waals surface area (Å²) in [7, 11) is 0. The number of imidazole rings is 1. The Hall–Kier alpha value is -3.15. The molecule has 6 heteroatoms. The number of aromatic nitrogens is 3. The molecule has 0 bridgehead atoms. The Morgan fingerprint density at radius 2 is 1.70 bits per heavy atom. The lowest BCUT2D eigenvalue weighted by molar-refractivity contribution is 0.589. The smallest absolute Gasteiger partial charge is 0.162 e. The van der Waals surface area contributed by atoms with E-state index in [4.69, 9.17) is 21.7 Å². The number of hydrogen-bond acceptors (Lipinski definition) is 4. The highest BCUT2D eigenvalue weighted by molar-refractivity contribution is 6.30. The Kier molecular flexibility index (Phi) is 4.11. The summed E-state index contributed by atoms with van der Waals surface area (Å²) in [5, 5.41) is 11.3. The summed E-state index contributed by atoms with van der Waals surface area (Å²) in [5.41, 5.74) is 5.98. The van der Waals surface area contributed by atoms with Gasteiger partial charge in [-0.25, -0.2) is 9.50 Å². The second kappa shape index (κ2) is 6.97. The van der Waals surface area contributed by atoms with Gasteiger partial charge < -0.3 is 10.2 Å². The lowest BCUT2D eigenvalue weighted by Crippen LogP contribution is -2.43. The number of rotatable bonds is 2. The van der Waals surface area contributed by atoms with Crippen LogP contribution < -0.4 is 10.2 Å². The van der Waals surface area contributed by atoms with Crippen molar-refractivity contribution in [1.82, 2.24) is 19.9 Å². The summed E-state index contributed by atoms with van der Waals surface area (Å²) in [6, 6.07) is 22.7. The maximum Gasteiger partial charge on any atom is 0.162 e. The Labute approximate surface area is 178 Å². The first-order valence-electron chi connectivity index (χ1n) is 10.2. The Bertz CT molecular complexity index is 1400. The van der Waals surface area contributed by atoms with Crippen molar-refractivity contribution in [3.63, 3.8) is 0 Å². The maximum absolute atomic E-state index is 6.29. The third-order valence-electron chi connectivity index (χ3n) is 5.82. The quantitative estimate of drug-likeness (QED) is 0.453. The molecule has 1 saturated heterocycles. The maximum atomic E-state index is 6.29. The molecule has 1 aliphatic heterocycles. The van der Waals surface area contributed by atoms with E-state index in [-0.39, 0.29) is 0 Å². The highest BCUT2D eigenvalue weighted by Crippen LogP contribution is 2.32. The van der Waals surface area contributed by atoms with Gasteiger partial charge in [-0.15, -0.1) is 0 Å². The number of fused-ring (bicyclic) bond motifs is 5. The summed E-state index contributed by atoms with van der Waals surface area (Å²) in [6.07, 6.45) is 0. The zero-order valence-electron chi connectivity index (χ0n) is 16.3. The van der Waals surface area contributed by atoms with Gasteiger partial charge in [-0.1, -0.05) is 48.0 Å². The number of hydrogen-bond donors (Lipinski definition) is 1. The fourth-order valence-electron chi connectivity index (χ4n) is 4.33. The molecule has 5 nitrogen and oxygen atoms in total. The van der Waals surface area contributed by atoms with E-state index in [0.29, 0.717) is 5.02 Å². The zero-order chi connectivity index (χ0) is 20.1. The van der Waals surface area contributed by atoms with Crippen LogP contribution in [-0.2, 0) is 0 Å². The lowest BCUT2D eigenvalue weighted by Gasteiger charge is -2.29. The number of nitrogens with one attached hydrogen (secondary N) is 1. The summed E-state index contributed by atoms with van der Waals surface area (Å²) >= 11 is 6.29. The predicted molar refractivity (Wildman–Crippen MR) is 124 cm³/mol. The molecule has 0 amide bonds. The van der Waals surface area contributed by atoms with Gasteiger partial charge in [0.25, 0.3) is 0 Å². The van der Waals surface area contributed by atoms with Crippen LogP contribution in [0, 0.1) is 0 Å². The van der Waals surface area contributed by atoms with E-state index in [9.17, 15) is 0 Å². The van der Waals surface area contributed by atoms with Crippen molar-refractivity contribution in [3.05, 3.63) is 71.8 Å². The van der Waals surface area contributed by atoms with Gasteiger partial charge >= 0.3 is 0 Å². The average molecular weight is 414 g/mol. The van der Waals surface area contributed by atoms with Crippen molar-refractivity contribution in [3.8, 4) is 11.3 Å². The minimum atomic E-state index is 0.704. The van der Waals surface area contributed by atoms with Crippen LogP contribution >= 0.6 is 11.6 Å². The van der Waals surface area contributed by atoms with Gasteiger partial charge in [0.1, 0.15) is 0 Å². The topological polar surface area (TPSA) is 45.5 Å². The van der Waals surface area contributed by atoms with E-state index < -0.39 is 0 Å². The van der Waals surface area contributed by atoms with Gasteiger partial charge in [0.2, 0.25) is 0 Å². The second-order valence-corrected chi connectivity index (χ2v) is 8.10. The largest absolute Gasteiger partial charge is 0.369 e. The van der Waals surface area contributed by atoms with Crippen molar-refractivity contribution in [2.45, 2.75) is 0 Å². The average Bonchev–Trinajstić information content (AvgIpc) is 3.17. The van der Waals surface area contributed by atoms with E-state index in [1.165, 1.54) is 5.69 Å². The number of benzene rings is 3. The van der Waals surface area contributed by atoms with Gasteiger partial charge in [-0.2, -0.15) is 5.10 Å². The van der Waals surface area contributed by atoms with E-state index in [1.54, 1.807) is 0 Å². The van der Waals surface area contributed by atoms with Crippen LogP contribution in [0.5, 0.6) is 0 Å². The first kappa shape index (κ1) is 17.7. The van der Waals surface area contributed by atoms with Crippen molar-refractivity contribution >= 4 is 44.7 Å². The third kappa shape index (κ3) is 2.82. The van der Waals surface area contributed by atoms with Crippen molar-refractivity contribution in [2.75, 3.05) is 31.1 Å². The van der Waals surface area contributed by atoms with E-state index in [2.05, 4.69) is 52.7 Å². The molecule has 1 aliphatic rings. The monoisotopic (exact) mass is 413 g/mol. The summed E-state index contributed by atoms with van der Waals surface area (Å²) in [4.78, 5) is 7.34. The summed E-state index contributed by atoms with van der Waals surface area (Å²) < 4.78 is 1.99. The lowest BCUT2D eigenvalue weighted by atomic mass is 10.1. The highest BCUT2D eigenvalue weighted by Gasteiger charge is 2.17. The molecule has 0 saturated carbocycles. The van der Waals surface area contributed by atoms with Crippen LogP contribution in [-0.4, -0.2) is 40.8 Å². The number of piperazine rings is 1. The molecule has 1 fully saturated rings. The molecule has 2 aromatic heterocycles. The first-order valence-corrected chi connectivity index (χ1v) is 10.6. The Morgan fingerprint density at radius 1 is 0.867 bits per heavy atom. The molecule has 0 unspecified atom stereocenters. The summed E-state index contributed by atoms with van der Waals surface area (Å²) in [6.45, 7) is 4.03. The first-order chi connectivity index (χ1) is 14.8. The number of nitrogens with zero attached hydrogens (tertiary/aromatic N) is 4. The predicted octanol–water partition coefficient (Wildman–Crippen LogP) is 4.77. The van der Waals surface area contributed by atoms with E-state index in [1.807, 2.05) is 28.8 Å². The SMILES string of the molecule is Clc1cccc(-c2nn3c4cc(N5CCNCC5)ccc4nc3c3ccccc23)c1. The number of anilines is 1.